The number of non-ortho nitro benzene ring substituents is 1. The number of hydrogen-bond acceptors (Lipinski definition) is 4. The van der Waals surface area contributed by atoms with Gasteiger partial charge in [-0.25, -0.2) is 0 Å². The van der Waals surface area contributed by atoms with Crippen LogP contribution in [0.25, 0.3) is 0 Å². The molecule has 6 heteroatoms. The maximum absolute atomic E-state index is 10.8. The highest BCUT2D eigenvalue weighted by molar-refractivity contribution is 6.31. The molecular formula is C14H12ClNO4. The second-order valence-corrected chi connectivity index (χ2v) is 4.51. The fourth-order valence-corrected chi connectivity index (χ4v) is 2.14. The quantitative estimate of drug-likeness (QED) is 0.693. The number of para-hydroxylation sites is 1. The number of nitrogens with zero attached hydrogens (tertiary/aromatic N) is 1. The van der Waals surface area contributed by atoms with Crippen molar-refractivity contribution in [1.82, 2.24) is 0 Å². The number of aliphatic hydroxyl groups is 1. The van der Waals surface area contributed by atoms with Gasteiger partial charge in [-0.1, -0.05) is 29.8 Å². The molecule has 1 atom stereocenters. The predicted octanol–water partition coefficient (Wildman–Crippen LogP) is 3.34. The molecule has 5 nitrogen and oxygen atoms in total. The summed E-state index contributed by atoms with van der Waals surface area (Å²) in [6, 6.07) is 10.8. The van der Waals surface area contributed by atoms with Gasteiger partial charge in [0.1, 0.15) is 11.9 Å². The zero-order chi connectivity index (χ0) is 14.7. The molecule has 0 saturated heterocycles. The summed E-state index contributed by atoms with van der Waals surface area (Å²) in [6.07, 6.45) is -1.10. The third-order valence-electron chi connectivity index (χ3n) is 2.92. The summed E-state index contributed by atoms with van der Waals surface area (Å²) < 4.78 is 5.17. The Balaban J connectivity index is 2.50. The minimum Gasteiger partial charge on any atom is -0.496 e. The molecule has 0 amide bonds. The van der Waals surface area contributed by atoms with E-state index in [-0.39, 0.29) is 16.3 Å². The lowest BCUT2D eigenvalue weighted by Gasteiger charge is -2.16. The Kier molecular flexibility index (Phi) is 4.22. The number of halogens is 1. The molecule has 2 aromatic rings. The van der Waals surface area contributed by atoms with E-state index in [4.69, 9.17) is 16.3 Å². The first-order valence-electron chi connectivity index (χ1n) is 5.79. The fourth-order valence-electron chi connectivity index (χ4n) is 1.91. The first-order chi connectivity index (χ1) is 9.54. The van der Waals surface area contributed by atoms with Gasteiger partial charge < -0.3 is 9.84 Å². The van der Waals surface area contributed by atoms with Crippen molar-refractivity contribution in [3.8, 4) is 5.75 Å². The number of nitro groups is 1. The van der Waals surface area contributed by atoms with Crippen molar-refractivity contribution in [3.05, 3.63) is 68.7 Å². The van der Waals surface area contributed by atoms with E-state index < -0.39 is 11.0 Å². The van der Waals surface area contributed by atoms with Gasteiger partial charge in [0.2, 0.25) is 0 Å². The van der Waals surface area contributed by atoms with E-state index in [1.807, 2.05) is 0 Å². The van der Waals surface area contributed by atoms with Crippen molar-refractivity contribution in [2.75, 3.05) is 7.11 Å². The molecule has 0 aliphatic carbocycles. The zero-order valence-electron chi connectivity index (χ0n) is 10.6. The molecule has 2 rings (SSSR count). The van der Waals surface area contributed by atoms with Gasteiger partial charge in [-0.05, 0) is 12.1 Å². The number of benzene rings is 2. The van der Waals surface area contributed by atoms with E-state index in [1.54, 1.807) is 24.3 Å². The third kappa shape index (κ3) is 2.74. The topological polar surface area (TPSA) is 72.6 Å². The average molecular weight is 294 g/mol. The van der Waals surface area contributed by atoms with Crippen LogP contribution < -0.4 is 4.74 Å². The number of nitro benzene ring substituents is 1. The van der Waals surface area contributed by atoms with Crippen LogP contribution in [0.1, 0.15) is 17.2 Å². The summed E-state index contributed by atoms with van der Waals surface area (Å²) in [4.78, 5) is 10.3. The molecule has 2 aromatic carbocycles. The predicted molar refractivity (Wildman–Crippen MR) is 75.2 cm³/mol. The van der Waals surface area contributed by atoms with Crippen LogP contribution in [0.2, 0.25) is 5.02 Å². The Morgan fingerprint density at radius 2 is 1.95 bits per heavy atom. The Morgan fingerprint density at radius 3 is 2.60 bits per heavy atom. The summed E-state index contributed by atoms with van der Waals surface area (Å²) in [6.45, 7) is 0. The van der Waals surface area contributed by atoms with Crippen LogP contribution in [-0.4, -0.2) is 17.1 Å². The SMILES string of the molecule is COc1ccccc1C(O)c1cc([N+](=O)[O-])ccc1Cl. The molecule has 1 unspecified atom stereocenters. The van der Waals surface area contributed by atoms with Crippen molar-refractivity contribution < 1.29 is 14.8 Å². The Labute approximate surface area is 120 Å². The van der Waals surface area contributed by atoms with Crippen molar-refractivity contribution in [2.24, 2.45) is 0 Å². The normalized spacial score (nSPS) is 11.9. The molecular weight excluding hydrogens is 282 g/mol. The molecule has 0 aliphatic rings. The first-order valence-corrected chi connectivity index (χ1v) is 6.17. The van der Waals surface area contributed by atoms with E-state index in [9.17, 15) is 15.2 Å². The smallest absolute Gasteiger partial charge is 0.269 e. The molecule has 0 aromatic heterocycles. The van der Waals surface area contributed by atoms with Gasteiger partial charge in [0, 0.05) is 28.3 Å². The number of ether oxygens (including phenoxy) is 1. The van der Waals surface area contributed by atoms with Gasteiger partial charge in [-0.2, -0.15) is 0 Å². The minimum absolute atomic E-state index is 0.127. The highest BCUT2D eigenvalue weighted by Gasteiger charge is 2.20. The third-order valence-corrected chi connectivity index (χ3v) is 3.26. The summed E-state index contributed by atoms with van der Waals surface area (Å²) in [5.41, 5.74) is 0.640. The Morgan fingerprint density at radius 1 is 1.25 bits per heavy atom. The molecule has 20 heavy (non-hydrogen) atoms. The molecule has 0 radical (unpaired) electrons. The van der Waals surface area contributed by atoms with E-state index in [1.165, 1.54) is 25.3 Å². The molecule has 0 bridgehead atoms. The van der Waals surface area contributed by atoms with Crippen molar-refractivity contribution in [2.45, 2.75) is 6.10 Å². The second kappa shape index (κ2) is 5.90. The largest absolute Gasteiger partial charge is 0.496 e. The monoisotopic (exact) mass is 293 g/mol. The first kappa shape index (κ1) is 14.3. The van der Waals surface area contributed by atoms with Crippen LogP contribution in [-0.2, 0) is 0 Å². The van der Waals surface area contributed by atoms with Crippen LogP contribution in [0.15, 0.2) is 42.5 Å². The maximum atomic E-state index is 10.8. The average Bonchev–Trinajstić information content (AvgIpc) is 2.46. The van der Waals surface area contributed by atoms with E-state index >= 15 is 0 Å². The van der Waals surface area contributed by atoms with Gasteiger partial charge in [-0.15, -0.1) is 0 Å². The molecule has 104 valence electrons. The van der Waals surface area contributed by atoms with Gasteiger partial charge in [-0.3, -0.25) is 10.1 Å². The summed E-state index contributed by atoms with van der Waals surface area (Å²) in [5.74, 6) is 0.488. The number of hydrogen-bond donors (Lipinski definition) is 1. The number of rotatable bonds is 4. The maximum Gasteiger partial charge on any atom is 0.269 e. The van der Waals surface area contributed by atoms with Crippen LogP contribution in [0.3, 0.4) is 0 Å². The van der Waals surface area contributed by atoms with Gasteiger partial charge in [0.25, 0.3) is 5.69 Å². The van der Waals surface area contributed by atoms with Gasteiger partial charge in [0.15, 0.2) is 0 Å². The lowest BCUT2D eigenvalue weighted by atomic mass is 10.00. The molecule has 0 spiro atoms. The molecule has 0 fully saturated rings. The molecule has 0 heterocycles. The Hall–Kier alpha value is -2.11. The minimum atomic E-state index is -1.10. The van der Waals surface area contributed by atoms with Crippen molar-refractivity contribution >= 4 is 17.3 Å². The fraction of sp³-hybridized carbons (Fsp3) is 0.143. The van der Waals surface area contributed by atoms with E-state index in [2.05, 4.69) is 0 Å². The van der Waals surface area contributed by atoms with Crippen LogP contribution in [0.4, 0.5) is 5.69 Å². The lowest BCUT2D eigenvalue weighted by molar-refractivity contribution is -0.385. The Bertz CT molecular complexity index is 645. The van der Waals surface area contributed by atoms with Crippen LogP contribution >= 0.6 is 11.6 Å². The summed E-state index contributed by atoms with van der Waals surface area (Å²) in [5, 5.41) is 21.5. The highest BCUT2D eigenvalue weighted by Crippen LogP contribution is 2.35. The van der Waals surface area contributed by atoms with Gasteiger partial charge in [0.05, 0.1) is 12.0 Å². The zero-order valence-corrected chi connectivity index (χ0v) is 11.4. The number of aliphatic hydroxyl groups excluding tert-OH is 1. The standard InChI is InChI=1S/C14H12ClNO4/c1-20-13-5-3-2-4-10(13)14(17)11-8-9(16(18)19)6-7-12(11)15/h2-8,14,17H,1H3. The van der Waals surface area contributed by atoms with Crippen molar-refractivity contribution in [3.63, 3.8) is 0 Å². The van der Waals surface area contributed by atoms with E-state index in [0.29, 0.717) is 11.3 Å². The van der Waals surface area contributed by atoms with Crippen molar-refractivity contribution in [1.29, 1.82) is 0 Å². The van der Waals surface area contributed by atoms with Crippen LogP contribution in [0.5, 0.6) is 5.75 Å². The molecule has 1 N–H and O–H groups in total. The molecule has 0 aliphatic heterocycles. The summed E-state index contributed by atoms with van der Waals surface area (Å²) >= 11 is 6.02. The van der Waals surface area contributed by atoms with Gasteiger partial charge >= 0.3 is 0 Å². The lowest BCUT2D eigenvalue weighted by Crippen LogP contribution is -2.04. The second-order valence-electron chi connectivity index (χ2n) is 4.11. The number of methoxy groups -OCH3 is 1. The summed E-state index contributed by atoms with van der Waals surface area (Å²) in [7, 11) is 1.49. The van der Waals surface area contributed by atoms with Crippen LogP contribution in [0, 0.1) is 10.1 Å². The highest BCUT2D eigenvalue weighted by atomic mass is 35.5. The molecule has 0 saturated carbocycles. The van der Waals surface area contributed by atoms with E-state index in [0.717, 1.165) is 0 Å².